The Balaban J connectivity index is 2.08. The van der Waals surface area contributed by atoms with E-state index in [0.29, 0.717) is 11.5 Å². The van der Waals surface area contributed by atoms with Crippen molar-refractivity contribution < 1.29 is 9.90 Å². The number of hydrogen-bond donors (Lipinski definition) is 1. The molecule has 0 radical (unpaired) electrons. The summed E-state index contributed by atoms with van der Waals surface area (Å²) in [5.74, 6) is 0.825. The van der Waals surface area contributed by atoms with Crippen molar-refractivity contribution in [2.45, 2.75) is 26.2 Å². The van der Waals surface area contributed by atoms with Gasteiger partial charge < -0.3 is 10.0 Å². The second kappa shape index (κ2) is 6.42. The Morgan fingerprint density at radius 1 is 1.53 bits per heavy atom. The van der Waals surface area contributed by atoms with Crippen molar-refractivity contribution in [1.82, 2.24) is 4.90 Å². The van der Waals surface area contributed by atoms with E-state index >= 15 is 0 Å². The second-order valence-corrected chi connectivity index (χ2v) is 6.03. The van der Waals surface area contributed by atoms with Crippen LogP contribution in [-0.4, -0.2) is 34.3 Å². The predicted octanol–water partition coefficient (Wildman–Crippen LogP) is 3.34. The minimum absolute atomic E-state index is 0.0366. The molecule has 1 fully saturated rings. The van der Waals surface area contributed by atoms with Crippen LogP contribution < -0.4 is 0 Å². The van der Waals surface area contributed by atoms with Gasteiger partial charge in [0.2, 0.25) is 0 Å². The van der Waals surface area contributed by atoms with Crippen LogP contribution in [-0.2, 0) is 0 Å². The molecule has 0 bridgehead atoms. The van der Waals surface area contributed by atoms with E-state index in [-0.39, 0.29) is 11.7 Å². The summed E-state index contributed by atoms with van der Waals surface area (Å²) in [5.41, 5.74) is 1.38. The lowest BCUT2D eigenvalue weighted by molar-refractivity contribution is 0.0671. The molecule has 1 aromatic carbocycles. The minimum atomic E-state index is 0.0366. The number of aryl methyl sites for hydroxylation is 1. The van der Waals surface area contributed by atoms with Gasteiger partial charge in [0.1, 0.15) is 5.75 Å². The molecule has 2 rings (SSSR count). The van der Waals surface area contributed by atoms with E-state index in [2.05, 4.69) is 15.9 Å². The first kappa shape index (κ1) is 14.4. The number of benzene rings is 1. The molecule has 1 aromatic rings. The molecule has 0 aliphatic carbocycles. The Morgan fingerprint density at radius 3 is 3.00 bits per heavy atom. The number of rotatable bonds is 3. The fourth-order valence-corrected chi connectivity index (χ4v) is 3.21. The average Bonchev–Trinajstić information content (AvgIpc) is 2.42. The summed E-state index contributed by atoms with van der Waals surface area (Å²) < 4.78 is 0. The molecule has 1 atom stereocenters. The number of phenolic OH excluding ortho intramolecular Hbond substituents is 1. The maximum absolute atomic E-state index is 12.4. The monoisotopic (exact) mass is 325 g/mol. The van der Waals surface area contributed by atoms with Gasteiger partial charge in [-0.25, -0.2) is 0 Å². The van der Waals surface area contributed by atoms with Gasteiger partial charge in [-0.1, -0.05) is 22.0 Å². The Labute approximate surface area is 122 Å². The van der Waals surface area contributed by atoms with E-state index in [1.54, 1.807) is 18.2 Å². The maximum Gasteiger partial charge on any atom is 0.253 e. The number of alkyl halides is 1. The van der Waals surface area contributed by atoms with Gasteiger partial charge in [0.15, 0.2) is 0 Å². The molecule has 0 spiro atoms. The molecule has 0 aromatic heterocycles. The molecule has 19 heavy (non-hydrogen) atoms. The zero-order chi connectivity index (χ0) is 13.8. The van der Waals surface area contributed by atoms with Crippen LogP contribution in [0.2, 0.25) is 0 Å². The lowest BCUT2D eigenvalue weighted by Gasteiger charge is -2.32. The van der Waals surface area contributed by atoms with Crippen LogP contribution in [0.4, 0.5) is 0 Å². The van der Waals surface area contributed by atoms with Crippen LogP contribution >= 0.6 is 15.9 Å². The quantitative estimate of drug-likeness (QED) is 0.866. The van der Waals surface area contributed by atoms with E-state index < -0.39 is 0 Å². The summed E-state index contributed by atoms with van der Waals surface area (Å²) >= 11 is 3.47. The topological polar surface area (TPSA) is 40.5 Å². The van der Waals surface area contributed by atoms with Crippen LogP contribution in [0.5, 0.6) is 5.75 Å². The van der Waals surface area contributed by atoms with E-state index in [0.717, 1.165) is 36.8 Å². The molecule has 1 saturated heterocycles. The van der Waals surface area contributed by atoms with E-state index in [1.807, 2.05) is 11.8 Å². The standard InChI is InChI=1S/C15H20BrNO2/c1-11-4-5-13(9-14(11)18)15(19)17-8-2-3-12(10-17)6-7-16/h4-5,9,12,18H,2-3,6-8,10H2,1H3. The normalized spacial score (nSPS) is 19.5. The molecular formula is C15H20BrNO2. The summed E-state index contributed by atoms with van der Waals surface area (Å²) in [6.45, 7) is 3.49. The van der Waals surface area contributed by atoms with Crippen molar-refractivity contribution in [3.63, 3.8) is 0 Å². The summed E-state index contributed by atoms with van der Waals surface area (Å²) in [4.78, 5) is 14.3. The first-order valence-corrected chi connectivity index (χ1v) is 7.89. The maximum atomic E-state index is 12.4. The van der Waals surface area contributed by atoms with Crippen LogP contribution in [0.1, 0.15) is 35.2 Å². The fourth-order valence-electron chi connectivity index (χ4n) is 2.56. The number of phenols is 1. The highest BCUT2D eigenvalue weighted by Crippen LogP contribution is 2.24. The summed E-state index contributed by atoms with van der Waals surface area (Å²) in [5, 5.41) is 10.7. The van der Waals surface area contributed by atoms with Crippen molar-refractivity contribution in [3.05, 3.63) is 29.3 Å². The Hall–Kier alpha value is -1.03. The first-order chi connectivity index (χ1) is 9.11. The molecule has 1 unspecified atom stereocenters. The van der Waals surface area contributed by atoms with Gasteiger partial charge >= 0.3 is 0 Å². The number of hydrogen-bond acceptors (Lipinski definition) is 2. The highest BCUT2D eigenvalue weighted by Gasteiger charge is 2.24. The van der Waals surface area contributed by atoms with Gasteiger partial charge in [-0.05, 0) is 49.8 Å². The van der Waals surface area contributed by atoms with Crippen molar-refractivity contribution in [2.24, 2.45) is 5.92 Å². The number of carbonyl (C=O) groups is 1. The molecule has 1 heterocycles. The van der Waals surface area contributed by atoms with Gasteiger partial charge in [0, 0.05) is 24.0 Å². The van der Waals surface area contributed by atoms with Gasteiger partial charge in [-0.3, -0.25) is 4.79 Å². The van der Waals surface area contributed by atoms with Crippen molar-refractivity contribution >= 4 is 21.8 Å². The van der Waals surface area contributed by atoms with Gasteiger partial charge in [0.25, 0.3) is 5.91 Å². The van der Waals surface area contributed by atoms with Gasteiger partial charge in [0.05, 0.1) is 0 Å². The van der Waals surface area contributed by atoms with Gasteiger partial charge in [-0.2, -0.15) is 0 Å². The zero-order valence-electron chi connectivity index (χ0n) is 11.2. The van der Waals surface area contributed by atoms with Crippen LogP contribution in [0.3, 0.4) is 0 Å². The lowest BCUT2D eigenvalue weighted by Crippen LogP contribution is -2.40. The third kappa shape index (κ3) is 3.50. The number of halogens is 1. The molecule has 0 saturated carbocycles. The number of likely N-dealkylation sites (tertiary alicyclic amines) is 1. The molecule has 1 aliphatic heterocycles. The third-order valence-electron chi connectivity index (χ3n) is 3.78. The number of carbonyl (C=O) groups excluding carboxylic acids is 1. The number of aromatic hydroxyl groups is 1. The molecule has 1 aliphatic rings. The molecular weight excluding hydrogens is 306 g/mol. The molecule has 3 nitrogen and oxygen atoms in total. The van der Waals surface area contributed by atoms with Crippen LogP contribution in [0.15, 0.2) is 18.2 Å². The SMILES string of the molecule is Cc1ccc(C(=O)N2CCCC(CCBr)C2)cc1O. The largest absolute Gasteiger partial charge is 0.508 e. The Morgan fingerprint density at radius 2 is 2.32 bits per heavy atom. The van der Waals surface area contributed by atoms with E-state index in [9.17, 15) is 9.90 Å². The second-order valence-electron chi connectivity index (χ2n) is 5.24. The Bertz CT molecular complexity index is 459. The fraction of sp³-hybridized carbons (Fsp3) is 0.533. The highest BCUT2D eigenvalue weighted by molar-refractivity contribution is 9.09. The number of piperidine rings is 1. The molecule has 1 N–H and O–H groups in total. The summed E-state index contributed by atoms with van der Waals surface area (Å²) in [6, 6.07) is 5.17. The Kier molecular flexibility index (Phi) is 4.86. The van der Waals surface area contributed by atoms with E-state index in [1.165, 1.54) is 6.42 Å². The van der Waals surface area contributed by atoms with Crippen LogP contribution in [0, 0.1) is 12.8 Å². The van der Waals surface area contributed by atoms with Gasteiger partial charge in [-0.15, -0.1) is 0 Å². The van der Waals surface area contributed by atoms with Crippen molar-refractivity contribution in [1.29, 1.82) is 0 Å². The average molecular weight is 326 g/mol. The minimum Gasteiger partial charge on any atom is -0.508 e. The van der Waals surface area contributed by atoms with Crippen LogP contribution in [0.25, 0.3) is 0 Å². The van der Waals surface area contributed by atoms with Crippen molar-refractivity contribution in [2.75, 3.05) is 18.4 Å². The van der Waals surface area contributed by atoms with E-state index in [4.69, 9.17) is 0 Å². The summed E-state index contributed by atoms with van der Waals surface area (Å²) in [7, 11) is 0. The molecule has 4 heteroatoms. The lowest BCUT2D eigenvalue weighted by atomic mass is 9.95. The first-order valence-electron chi connectivity index (χ1n) is 6.76. The summed E-state index contributed by atoms with van der Waals surface area (Å²) in [6.07, 6.45) is 3.39. The molecule has 104 valence electrons. The van der Waals surface area contributed by atoms with Crippen molar-refractivity contribution in [3.8, 4) is 5.75 Å². The zero-order valence-corrected chi connectivity index (χ0v) is 12.8. The smallest absolute Gasteiger partial charge is 0.253 e. The third-order valence-corrected chi connectivity index (χ3v) is 4.24. The number of amides is 1. The molecule has 1 amide bonds. The number of nitrogens with zero attached hydrogens (tertiary/aromatic N) is 1. The highest BCUT2D eigenvalue weighted by atomic mass is 79.9. The predicted molar refractivity (Wildman–Crippen MR) is 79.9 cm³/mol.